The lowest BCUT2D eigenvalue weighted by atomic mass is 10.3. The monoisotopic (exact) mass is 208 g/mol. The molecule has 6 heteroatoms. The third kappa shape index (κ3) is 3.33. The fourth-order valence-corrected chi connectivity index (χ4v) is 3.18. The highest BCUT2D eigenvalue weighted by Gasteiger charge is 2.44. The molecule has 0 aliphatic carbocycles. The van der Waals surface area contributed by atoms with Gasteiger partial charge in [0.05, 0.1) is 5.67 Å². The number of hydrogen-bond acceptors (Lipinski definition) is 5. The van der Waals surface area contributed by atoms with Crippen LogP contribution >= 0.6 is 0 Å². The average molecular weight is 208 g/mol. The normalized spacial score (nSPS) is 14.5. The quantitative estimate of drug-likeness (QED) is 0.550. The Morgan fingerprint density at radius 3 is 1.92 bits per heavy atom. The van der Waals surface area contributed by atoms with Crippen molar-refractivity contribution in [2.24, 2.45) is 11.5 Å². The van der Waals surface area contributed by atoms with E-state index in [2.05, 4.69) is 0 Å². The van der Waals surface area contributed by atoms with Crippen molar-refractivity contribution in [3.05, 3.63) is 0 Å². The van der Waals surface area contributed by atoms with Crippen molar-refractivity contribution in [2.45, 2.75) is 18.5 Å². The first-order valence-corrected chi connectivity index (χ1v) is 6.08. The Morgan fingerprint density at radius 1 is 1.15 bits per heavy atom. The van der Waals surface area contributed by atoms with Crippen LogP contribution in [-0.2, 0) is 13.3 Å². The molecular weight excluding hydrogens is 188 g/mol. The highest BCUT2D eigenvalue weighted by Crippen LogP contribution is 2.13. The van der Waals surface area contributed by atoms with Gasteiger partial charge in [-0.2, -0.15) is 0 Å². The van der Waals surface area contributed by atoms with Crippen LogP contribution in [-0.4, -0.2) is 42.3 Å². The molecular formula is C7H20N2O3Si. The zero-order valence-electron chi connectivity index (χ0n) is 8.58. The van der Waals surface area contributed by atoms with E-state index < -0.39 is 8.80 Å². The molecule has 0 amide bonds. The van der Waals surface area contributed by atoms with Crippen molar-refractivity contribution in [1.82, 2.24) is 0 Å². The van der Waals surface area contributed by atoms with E-state index in [4.69, 9.17) is 24.7 Å². The van der Waals surface area contributed by atoms with E-state index in [1.54, 1.807) is 21.3 Å². The van der Waals surface area contributed by atoms with Gasteiger partial charge in [-0.3, -0.25) is 0 Å². The predicted molar refractivity (Wildman–Crippen MR) is 53.0 cm³/mol. The van der Waals surface area contributed by atoms with E-state index in [1.807, 2.05) is 0 Å². The second kappa shape index (κ2) is 6.47. The van der Waals surface area contributed by atoms with Crippen LogP contribution in [0.2, 0.25) is 0 Å². The molecule has 0 aromatic carbocycles. The van der Waals surface area contributed by atoms with Gasteiger partial charge >= 0.3 is 8.80 Å². The van der Waals surface area contributed by atoms with Gasteiger partial charge in [0.2, 0.25) is 0 Å². The molecule has 0 saturated carbocycles. The first-order valence-electron chi connectivity index (χ1n) is 4.28. The minimum Gasteiger partial charge on any atom is -0.376 e. The molecule has 80 valence electrons. The molecule has 0 spiro atoms. The van der Waals surface area contributed by atoms with Crippen molar-refractivity contribution >= 4 is 8.80 Å². The van der Waals surface area contributed by atoms with Crippen molar-refractivity contribution in [3.8, 4) is 0 Å². The van der Waals surface area contributed by atoms with Gasteiger partial charge in [0.25, 0.3) is 0 Å². The summed E-state index contributed by atoms with van der Waals surface area (Å²) in [6, 6.07) is 0. The Balaban J connectivity index is 4.17. The number of hydrogen-bond donors (Lipinski definition) is 2. The lowest BCUT2D eigenvalue weighted by Gasteiger charge is -2.29. The lowest BCUT2D eigenvalue weighted by molar-refractivity contribution is 0.111. The Morgan fingerprint density at radius 2 is 1.62 bits per heavy atom. The molecule has 1 unspecified atom stereocenters. The van der Waals surface area contributed by atoms with Gasteiger partial charge in [0.1, 0.15) is 0 Å². The van der Waals surface area contributed by atoms with E-state index in [-0.39, 0.29) is 5.67 Å². The molecule has 1 atom stereocenters. The van der Waals surface area contributed by atoms with E-state index in [0.29, 0.717) is 6.54 Å². The molecule has 0 aromatic heterocycles. The molecule has 13 heavy (non-hydrogen) atoms. The summed E-state index contributed by atoms with van der Waals surface area (Å²) in [4.78, 5) is 0. The number of rotatable bonds is 7. The van der Waals surface area contributed by atoms with Gasteiger partial charge in [0, 0.05) is 21.3 Å². The smallest absolute Gasteiger partial charge is 0.376 e. The van der Waals surface area contributed by atoms with Crippen molar-refractivity contribution in [2.75, 3.05) is 27.9 Å². The van der Waals surface area contributed by atoms with E-state index in [1.165, 1.54) is 0 Å². The molecule has 0 fully saturated rings. The molecule has 4 N–H and O–H groups in total. The second-order valence-corrected chi connectivity index (χ2v) is 5.93. The van der Waals surface area contributed by atoms with Crippen molar-refractivity contribution < 1.29 is 13.3 Å². The summed E-state index contributed by atoms with van der Waals surface area (Å²) < 4.78 is 15.7. The summed E-state index contributed by atoms with van der Waals surface area (Å²) in [6.07, 6.45) is 1.62. The largest absolute Gasteiger partial charge is 0.517 e. The maximum atomic E-state index is 5.90. The minimum atomic E-state index is -2.64. The minimum absolute atomic E-state index is 0.198. The van der Waals surface area contributed by atoms with Crippen LogP contribution in [0, 0.1) is 0 Å². The summed E-state index contributed by atoms with van der Waals surface area (Å²) in [5.41, 5.74) is 11.1. The highest BCUT2D eigenvalue weighted by atomic mass is 28.4. The third-order valence-corrected chi connectivity index (χ3v) is 4.93. The molecule has 0 aliphatic heterocycles. The molecule has 0 rings (SSSR count). The standard InChI is InChI=1S/C7H20N2O3Si/c1-10-13(11-2,12-3)7(9)5-4-6-8/h7H,4-6,8-9H2,1-3H3. The Bertz CT molecular complexity index is 125. The summed E-state index contributed by atoms with van der Waals surface area (Å²) in [6.45, 7) is 0.620. The van der Waals surface area contributed by atoms with Gasteiger partial charge < -0.3 is 24.7 Å². The van der Waals surface area contributed by atoms with E-state index >= 15 is 0 Å². The van der Waals surface area contributed by atoms with Crippen LogP contribution < -0.4 is 11.5 Å². The Kier molecular flexibility index (Phi) is 6.48. The van der Waals surface area contributed by atoms with Crippen molar-refractivity contribution in [1.29, 1.82) is 0 Å². The topological polar surface area (TPSA) is 79.7 Å². The Labute approximate surface area is 80.7 Å². The van der Waals surface area contributed by atoms with E-state index in [9.17, 15) is 0 Å². The maximum Gasteiger partial charge on any atom is 0.517 e. The number of nitrogens with two attached hydrogens (primary N) is 2. The molecule has 0 aromatic rings. The molecule has 5 nitrogen and oxygen atoms in total. The van der Waals surface area contributed by atoms with Crippen molar-refractivity contribution in [3.63, 3.8) is 0 Å². The SMILES string of the molecule is CO[Si](OC)(OC)C(N)CCCN. The summed E-state index contributed by atoms with van der Waals surface area (Å²) in [5.74, 6) is 0. The predicted octanol–water partition coefficient (Wildman–Crippen LogP) is -0.530. The fraction of sp³-hybridized carbons (Fsp3) is 1.00. The third-order valence-electron chi connectivity index (χ3n) is 2.03. The Hall–Kier alpha value is 0.0169. The molecule has 0 aliphatic rings. The van der Waals surface area contributed by atoms with Gasteiger partial charge in [-0.25, -0.2) is 0 Å². The molecule has 0 saturated heterocycles. The van der Waals surface area contributed by atoms with Gasteiger partial charge in [-0.1, -0.05) is 0 Å². The van der Waals surface area contributed by atoms with Crippen LogP contribution in [0.25, 0.3) is 0 Å². The molecule has 0 radical (unpaired) electrons. The van der Waals surface area contributed by atoms with Crippen LogP contribution in [0.3, 0.4) is 0 Å². The molecule has 0 bridgehead atoms. The lowest BCUT2D eigenvalue weighted by Crippen LogP contribution is -2.58. The van der Waals surface area contributed by atoms with Gasteiger partial charge in [0.15, 0.2) is 0 Å². The van der Waals surface area contributed by atoms with Crippen LogP contribution in [0.1, 0.15) is 12.8 Å². The zero-order valence-corrected chi connectivity index (χ0v) is 9.58. The summed E-state index contributed by atoms with van der Waals surface area (Å²) >= 11 is 0. The van der Waals surface area contributed by atoms with Crippen LogP contribution in [0.4, 0.5) is 0 Å². The molecule has 0 heterocycles. The van der Waals surface area contributed by atoms with Gasteiger partial charge in [-0.15, -0.1) is 0 Å². The van der Waals surface area contributed by atoms with E-state index in [0.717, 1.165) is 12.8 Å². The van der Waals surface area contributed by atoms with Crippen LogP contribution in [0.5, 0.6) is 0 Å². The highest BCUT2D eigenvalue weighted by molar-refractivity contribution is 6.62. The van der Waals surface area contributed by atoms with Crippen LogP contribution in [0.15, 0.2) is 0 Å². The first kappa shape index (κ1) is 13.0. The zero-order chi connectivity index (χ0) is 10.3. The maximum absolute atomic E-state index is 5.90. The summed E-state index contributed by atoms with van der Waals surface area (Å²) in [5, 5.41) is 0. The fourth-order valence-electron chi connectivity index (χ4n) is 1.22. The van der Waals surface area contributed by atoms with Gasteiger partial charge in [-0.05, 0) is 19.4 Å². The first-order chi connectivity index (χ1) is 6.16. The summed E-state index contributed by atoms with van der Waals surface area (Å²) in [7, 11) is 2.04. The second-order valence-electron chi connectivity index (χ2n) is 2.75. The average Bonchev–Trinajstić information content (AvgIpc) is 2.18.